The van der Waals surface area contributed by atoms with E-state index in [1.54, 1.807) is 19.2 Å². The Morgan fingerprint density at radius 3 is 2.58 bits per heavy atom. The van der Waals surface area contributed by atoms with Gasteiger partial charge in [0.05, 0.1) is 19.8 Å². The summed E-state index contributed by atoms with van der Waals surface area (Å²) in [5.41, 5.74) is 0.750. The lowest BCUT2D eigenvalue weighted by atomic mass is 10.0. The van der Waals surface area contributed by atoms with Crippen LogP contribution in [0, 0.1) is 0 Å². The molecule has 0 aliphatic carbocycles. The molecule has 0 radical (unpaired) electrons. The van der Waals surface area contributed by atoms with E-state index in [0.29, 0.717) is 5.75 Å². The van der Waals surface area contributed by atoms with Gasteiger partial charge in [0.25, 0.3) is 0 Å². The summed E-state index contributed by atoms with van der Waals surface area (Å²) in [6.07, 6.45) is 0. The van der Waals surface area contributed by atoms with Crippen molar-refractivity contribution < 1.29 is 14.9 Å². The fourth-order valence-corrected chi connectivity index (χ4v) is 2.34. The summed E-state index contributed by atoms with van der Waals surface area (Å²) in [5.74, 6) is 0.792. The lowest BCUT2D eigenvalue weighted by Crippen LogP contribution is -2.46. The minimum Gasteiger partial charge on any atom is -0.507 e. The molecule has 2 rings (SSSR count). The van der Waals surface area contributed by atoms with Gasteiger partial charge >= 0.3 is 0 Å². The topological polar surface area (TPSA) is 65.0 Å². The predicted octanol–water partition coefficient (Wildman–Crippen LogP) is 0.761. The molecule has 1 aliphatic heterocycles. The summed E-state index contributed by atoms with van der Waals surface area (Å²) in [6, 6.07) is 5.05. The molecule has 0 aromatic heterocycles. The van der Waals surface area contributed by atoms with E-state index in [-0.39, 0.29) is 30.8 Å². The van der Waals surface area contributed by atoms with Crippen molar-refractivity contribution in [3.05, 3.63) is 23.8 Å². The summed E-state index contributed by atoms with van der Waals surface area (Å²) in [5, 5.41) is 22.9. The molecule has 1 saturated heterocycles. The normalized spacial score (nSPS) is 17.6. The van der Waals surface area contributed by atoms with Crippen molar-refractivity contribution in [2.75, 3.05) is 39.9 Å². The molecule has 0 saturated carbocycles. The molecule has 1 aromatic rings. The van der Waals surface area contributed by atoms with Crippen LogP contribution in [0.4, 0.5) is 0 Å². The molecule has 1 atom stereocenters. The van der Waals surface area contributed by atoms with Crippen molar-refractivity contribution >= 4 is 12.4 Å². The van der Waals surface area contributed by atoms with Crippen molar-refractivity contribution in [2.24, 2.45) is 0 Å². The van der Waals surface area contributed by atoms with Crippen LogP contribution >= 0.6 is 12.4 Å². The van der Waals surface area contributed by atoms with Gasteiger partial charge in [-0.1, -0.05) is 0 Å². The molecule has 1 fully saturated rings. The average molecular weight is 289 g/mol. The number of hydrogen-bond donors (Lipinski definition) is 3. The molecule has 19 heavy (non-hydrogen) atoms. The minimum atomic E-state index is -0.155. The van der Waals surface area contributed by atoms with E-state index < -0.39 is 0 Å². The molecule has 0 amide bonds. The van der Waals surface area contributed by atoms with Gasteiger partial charge in [0.1, 0.15) is 11.5 Å². The Morgan fingerprint density at radius 1 is 1.37 bits per heavy atom. The first kappa shape index (κ1) is 16.0. The first-order valence-electron chi connectivity index (χ1n) is 6.18. The predicted molar refractivity (Wildman–Crippen MR) is 76.2 cm³/mol. The maximum absolute atomic E-state index is 10.0. The maximum Gasteiger partial charge on any atom is 0.124 e. The van der Waals surface area contributed by atoms with Gasteiger partial charge in [0, 0.05) is 37.8 Å². The Hall–Kier alpha value is -1.01. The van der Waals surface area contributed by atoms with E-state index in [9.17, 15) is 10.2 Å². The number of ether oxygens (including phenoxy) is 1. The molecular formula is C13H21ClN2O3. The first-order valence-corrected chi connectivity index (χ1v) is 6.18. The van der Waals surface area contributed by atoms with Crippen molar-refractivity contribution in [3.63, 3.8) is 0 Å². The zero-order valence-corrected chi connectivity index (χ0v) is 11.8. The maximum atomic E-state index is 10.0. The van der Waals surface area contributed by atoms with Crippen LogP contribution in [-0.4, -0.2) is 55.0 Å². The molecule has 0 unspecified atom stereocenters. The van der Waals surface area contributed by atoms with Gasteiger partial charge in [-0.3, -0.25) is 4.90 Å². The number of halogens is 1. The third-order valence-electron chi connectivity index (χ3n) is 3.36. The molecule has 5 nitrogen and oxygen atoms in total. The zero-order valence-electron chi connectivity index (χ0n) is 11.0. The van der Waals surface area contributed by atoms with E-state index in [4.69, 9.17) is 4.74 Å². The van der Waals surface area contributed by atoms with Crippen molar-refractivity contribution in [2.45, 2.75) is 6.04 Å². The highest BCUT2D eigenvalue weighted by molar-refractivity contribution is 5.85. The van der Waals surface area contributed by atoms with E-state index in [1.165, 1.54) is 0 Å². The van der Waals surface area contributed by atoms with Gasteiger partial charge < -0.3 is 20.3 Å². The first-order chi connectivity index (χ1) is 8.76. The number of methoxy groups -OCH3 is 1. The summed E-state index contributed by atoms with van der Waals surface area (Å²) >= 11 is 0. The van der Waals surface area contributed by atoms with Crippen molar-refractivity contribution in [1.82, 2.24) is 10.2 Å². The van der Waals surface area contributed by atoms with Crippen LogP contribution in [0.25, 0.3) is 0 Å². The number of nitrogens with one attached hydrogen (secondary N) is 1. The second kappa shape index (κ2) is 7.55. The van der Waals surface area contributed by atoms with Crippen LogP contribution < -0.4 is 10.1 Å². The van der Waals surface area contributed by atoms with Gasteiger partial charge in [-0.05, 0) is 12.1 Å². The molecule has 3 N–H and O–H groups in total. The van der Waals surface area contributed by atoms with Crippen LogP contribution in [0.5, 0.6) is 11.5 Å². The van der Waals surface area contributed by atoms with Crippen LogP contribution in [-0.2, 0) is 0 Å². The zero-order chi connectivity index (χ0) is 13.0. The second-order valence-corrected chi connectivity index (χ2v) is 4.41. The second-order valence-electron chi connectivity index (χ2n) is 4.41. The Kier molecular flexibility index (Phi) is 6.37. The number of nitrogens with zero attached hydrogens (tertiary/aromatic N) is 1. The Balaban J connectivity index is 0.00000180. The number of aliphatic hydroxyl groups excluding tert-OH is 1. The Morgan fingerprint density at radius 2 is 2.05 bits per heavy atom. The van der Waals surface area contributed by atoms with Crippen LogP contribution in [0.1, 0.15) is 11.6 Å². The number of hydrogen-bond acceptors (Lipinski definition) is 5. The largest absolute Gasteiger partial charge is 0.507 e. The number of aliphatic hydroxyl groups is 1. The van der Waals surface area contributed by atoms with Crippen LogP contribution in [0.2, 0.25) is 0 Å². The summed E-state index contributed by atoms with van der Waals surface area (Å²) in [7, 11) is 1.56. The van der Waals surface area contributed by atoms with Gasteiger partial charge in [-0.25, -0.2) is 0 Å². The van der Waals surface area contributed by atoms with E-state index in [1.807, 2.05) is 6.07 Å². The summed E-state index contributed by atoms with van der Waals surface area (Å²) in [6.45, 7) is 3.56. The van der Waals surface area contributed by atoms with Crippen LogP contribution in [0.15, 0.2) is 18.2 Å². The molecule has 1 heterocycles. The highest BCUT2D eigenvalue weighted by atomic mass is 35.5. The number of phenolic OH excluding ortho intramolecular Hbond substituents is 1. The molecule has 0 bridgehead atoms. The highest BCUT2D eigenvalue weighted by Crippen LogP contribution is 2.31. The quantitative estimate of drug-likeness (QED) is 0.763. The van der Waals surface area contributed by atoms with Crippen molar-refractivity contribution in [3.8, 4) is 11.5 Å². The lowest BCUT2D eigenvalue weighted by molar-refractivity contribution is 0.109. The average Bonchev–Trinajstić information content (AvgIpc) is 2.42. The van der Waals surface area contributed by atoms with E-state index in [0.717, 1.165) is 31.7 Å². The summed E-state index contributed by atoms with van der Waals surface area (Å²) < 4.78 is 5.06. The van der Waals surface area contributed by atoms with Gasteiger partial charge in [-0.2, -0.15) is 0 Å². The monoisotopic (exact) mass is 288 g/mol. The van der Waals surface area contributed by atoms with E-state index in [2.05, 4.69) is 10.2 Å². The number of rotatable bonds is 4. The van der Waals surface area contributed by atoms with Crippen molar-refractivity contribution in [1.29, 1.82) is 0 Å². The third-order valence-corrected chi connectivity index (χ3v) is 3.36. The van der Waals surface area contributed by atoms with E-state index >= 15 is 0 Å². The molecule has 1 aliphatic rings. The van der Waals surface area contributed by atoms with Crippen LogP contribution in [0.3, 0.4) is 0 Å². The number of benzene rings is 1. The summed E-state index contributed by atoms with van der Waals surface area (Å²) in [4.78, 5) is 2.18. The molecule has 0 spiro atoms. The van der Waals surface area contributed by atoms with Gasteiger partial charge in [0.15, 0.2) is 0 Å². The highest BCUT2D eigenvalue weighted by Gasteiger charge is 2.23. The Labute approximate surface area is 119 Å². The number of piperazine rings is 1. The molecular weight excluding hydrogens is 268 g/mol. The lowest BCUT2D eigenvalue weighted by Gasteiger charge is -2.34. The standard InChI is InChI=1S/C13H20N2O3.ClH/c1-18-10-2-3-11(13(17)8-10)12(9-16)15-6-4-14-5-7-15;/h2-3,8,12,14,16-17H,4-7,9H2,1H3;1H/t12-;/m1./s1. The number of aromatic hydroxyl groups is 1. The third kappa shape index (κ3) is 3.73. The van der Waals surface area contributed by atoms with Gasteiger partial charge in [-0.15, -0.1) is 12.4 Å². The fourth-order valence-electron chi connectivity index (χ4n) is 2.34. The smallest absolute Gasteiger partial charge is 0.124 e. The number of phenols is 1. The SMILES string of the molecule is COc1ccc([C@@H](CO)N2CCNCC2)c(O)c1.Cl. The Bertz CT molecular complexity index is 397. The molecule has 1 aromatic carbocycles. The minimum absolute atomic E-state index is 0. The fraction of sp³-hybridized carbons (Fsp3) is 0.538. The van der Waals surface area contributed by atoms with Gasteiger partial charge in [0.2, 0.25) is 0 Å². The molecule has 108 valence electrons. The molecule has 6 heteroatoms.